The van der Waals surface area contributed by atoms with E-state index < -0.39 is 0 Å². The van der Waals surface area contributed by atoms with E-state index in [0.717, 1.165) is 32.5 Å². The lowest BCUT2D eigenvalue weighted by atomic mass is 9.99. The van der Waals surface area contributed by atoms with Gasteiger partial charge in [-0.25, -0.2) is 4.98 Å². The van der Waals surface area contributed by atoms with E-state index in [1.165, 1.54) is 17.3 Å². The van der Waals surface area contributed by atoms with Gasteiger partial charge in [0.05, 0.1) is 6.61 Å². The van der Waals surface area contributed by atoms with Crippen LogP contribution in [0.5, 0.6) is 0 Å². The highest BCUT2D eigenvalue weighted by Gasteiger charge is 2.23. The fourth-order valence-electron chi connectivity index (χ4n) is 2.50. The normalized spacial score (nSPS) is 19.0. The second-order valence-electron chi connectivity index (χ2n) is 4.95. The molecule has 112 valence electrons. The van der Waals surface area contributed by atoms with Crippen molar-refractivity contribution >= 4 is 17.5 Å². The molecule has 0 amide bonds. The summed E-state index contributed by atoms with van der Waals surface area (Å²) in [6.07, 6.45) is 5.18. The number of hydrogen-bond donors (Lipinski definition) is 0. The van der Waals surface area contributed by atoms with Gasteiger partial charge in [0.15, 0.2) is 0 Å². The van der Waals surface area contributed by atoms with Gasteiger partial charge in [0, 0.05) is 20.2 Å². The maximum absolute atomic E-state index is 6.01. The zero-order valence-electron chi connectivity index (χ0n) is 11.7. The number of methoxy groups -OCH3 is 1. The van der Waals surface area contributed by atoms with Crippen molar-refractivity contribution in [1.82, 2.24) is 29.7 Å². The number of aromatic nitrogens is 6. The van der Waals surface area contributed by atoms with E-state index in [4.69, 9.17) is 16.3 Å². The predicted octanol–water partition coefficient (Wildman–Crippen LogP) is 0.968. The molecule has 8 nitrogen and oxygen atoms in total. The molecule has 3 rings (SSSR count). The van der Waals surface area contributed by atoms with Crippen LogP contribution >= 0.6 is 11.6 Å². The van der Waals surface area contributed by atoms with Crippen molar-refractivity contribution < 1.29 is 4.74 Å². The van der Waals surface area contributed by atoms with Gasteiger partial charge < -0.3 is 9.64 Å². The van der Waals surface area contributed by atoms with E-state index in [1.54, 1.807) is 7.11 Å². The van der Waals surface area contributed by atoms with Crippen molar-refractivity contribution in [2.75, 3.05) is 31.7 Å². The van der Waals surface area contributed by atoms with Crippen LogP contribution in [0.3, 0.4) is 0 Å². The maximum atomic E-state index is 6.01. The molecular formula is C12H16ClN7O. The Hall–Kier alpha value is -1.80. The first-order valence-corrected chi connectivity index (χ1v) is 7.14. The molecule has 0 bridgehead atoms. The maximum Gasteiger partial charge on any atom is 0.258 e. The second-order valence-corrected chi connectivity index (χ2v) is 5.29. The van der Waals surface area contributed by atoms with Crippen LogP contribution in [-0.2, 0) is 4.74 Å². The van der Waals surface area contributed by atoms with E-state index in [-0.39, 0.29) is 5.28 Å². The van der Waals surface area contributed by atoms with E-state index in [9.17, 15) is 0 Å². The zero-order valence-corrected chi connectivity index (χ0v) is 12.4. The monoisotopic (exact) mass is 309 g/mol. The molecule has 1 aliphatic rings. The molecule has 0 aliphatic carbocycles. The number of piperidine rings is 1. The largest absolute Gasteiger partial charge is 0.384 e. The Kier molecular flexibility index (Phi) is 4.26. The molecule has 1 saturated heterocycles. The topological polar surface area (TPSA) is 81.9 Å². The second kappa shape index (κ2) is 6.31. The van der Waals surface area contributed by atoms with Crippen LogP contribution in [0.1, 0.15) is 12.8 Å². The van der Waals surface area contributed by atoms with Crippen molar-refractivity contribution in [3.05, 3.63) is 17.9 Å². The van der Waals surface area contributed by atoms with E-state index in [2.05, 4.69) is 29.9 Å². The fourth-order valence-corrected chi connectivity index (χ4v) is 2.65. The molecule has 1 atom stereocenters. The summed E-state index contributed by atoms with van der Waals surface area (Å²) in [5, 5.41) is 4.17. The molecule has 1 unspecified atom stereocenters. The summed E-state index contributed by atoms with van der Waals surface area (Å²) in [5.74, 6) is 1.42. The highest BCUT2D eigenvalue weighted by molar-refractivity contribution is 6.28. The Morgan fingerprint density at radius 1 is 1.33 bits per heavy atom. The summed E-state index contributed by atoms with van der Waals surface area (Å²) in [7, 11) is 1.72. The Morgan fingerprint density at radius 2 is 2.19 bits per heavy atom. The van der Waals surface area contributed by atoms with Gasteiger partial charge >= 0.3 is 0 Å². The fraction of sp³-hybridized carbons (Fsp3) is 0.583. The number of ether oxygens (including phenoxy) is 1. The van der Waals surface area contributed by atoms with Crippen LogP contribution in [0.25, 0.3) is 5.95 Å². The Balaban J connectivity index is 1.84. The van der Waals surface area contributed by atoms with Gasteiger partial charge in [0.25, 0.3) is 5.95 Å². The lowest BCUT2D eigenvalue weighted by molar-refractivity contribution is 0.143. The summed E-state index contributed by atoms with van der Waals surface area (Å²) in [5.41, 5.74) is 0. The van der Waals surface area contributed by atoms with Crippen LogP contribution in [0.15, 0.2) is 12.7 Å². The van der Waals surface area contributed by atoms with Crippen molar-refractivity contribution in [2.45, 2.75) is 12.8 Å². The number of anilines is 1. The molecule has 0 saturated carbocycles. The summed E-state index contributed by atoms with van der Waals surface area (Å²) < 4.78 is 6.71. The summed E-state index contributed by atoms with van der Waals surface area (Å²) >= 11 is 6.01. The molecule has 0 aromatic carbocycles. The molecule has 21 heavy (non-hydrogen) atoms. The molecule has 0 spiro atoms. The number of hydrogen-bond acceptors (Lipinski definition) is 7. The lowest BCUT2D eigenvalue weighted by Gasteiger charge is -2.32. The third kappa shape index (κ3) is 3.27. The zero-order chi connectivity index (χ0) is 14.7. The molecule has 2 aromatic heterocycles. The van der Waals surface area contributed by atoms with Crippen molar-refractivity contribution in [2.24, 2.45) is 5.92 Å². The van der Waals surface area contributed by atoms with Crippen molar-refractivity contribution in [3.8, 4) is 5.95 Å². The quantitative estimate of drug-likeness (QED) is 0.832. The van der Waals surface area contributed by atoms with Crippen LogP contribution < -0.4 is 4.90 Å². The Morgan fingerprint density at radius 3 is 2.95 bits per heavy atom. The molecule has 9 heteroatoms. The minimum absolute atomic E-state index is 0.152. The smallest absolute Gasteiger partial charge is 0.258 e. The average molecular weight is 310 g/mol. The van der Waals surface area contributed by atoms with Crippen LogP contribution in [0.4, 0.5) is 5.95 Å². The number of halogens is 1. The number of rotatable bonds is 4. The van der Waals surface area contributed by atoms with Gasteiger partial charge in [-0.15, -0.1) is 0 Å². The van der Waals surface area contributed by atoms with Gasteiger partial charge in [-0.05, 0) is 30.4 Å². The molecule has 2 aromatic rings. The highest BCUT2D eigenvalue weighted by Crippen LogP contribution is 2.21. The Labute approximate surface area is 127 Å². The van der Waals surface area contributed by atoms with Crippen LogP contribution in [0, 0.1) is 5.92 Å². The third-order valence-electron chi connectivity index (χ3n) is 3.41. The summed E-state index contributed by atoms with van der Waals surface area (Å²) in [4.78, 5) is 18.7. The van der Waals surface area contributed by atoms with Gasteiger partial charge in [0.2, 0.25) is 11.2 Å². The van der Waals surface area contributed by atoms with Crippen molar-refractivity contribution in [3.63, 3.8) is 0 Å². The number of nitrogens with zero attached hydrogens (tertiary/aromatic N) is 7. The molecule has 3 heterocycles. The standard InChI is InChI=1S/C12H16ClN7O/c1-21-6-9-3-2-4-19(5-9)11-16-10(13)17-12(18-11)20-8-14-7-15-20/h7-9H,2-6H2,1H3. The van der Waals surface area contributed by atoms with Crippen LogP contribution in [0.2, 0.25) is 5.28 Å². The Bertz CT molecular complexity index is 589. The van der Waals surface area contributed by atoms with E-state index >= 15 is 0 Å². The minimum atomic E-state index is 0.152. The molecular weight excluding hydrogens is 294 g/mol. The minimum Gasteiger partial charge on any atom is -0.384 e. The van der Waals surface area contributed by atoms with E-state index in [0.29, 0.717) is 17.8 Å². The molecule has 1 aliphatic heterocycles. The van der Waals surface area contributed by atoms with Crippen LogP contribution in [-0.4, -0.2) is 56.5 Å². The molecule has 1 fully saturated rings. The summed E-state index contributed by atoms with van der Waals surface area (Å²) in [6.45, 7) is 2.49. The molecule has 0 N–H and O–H groups in total. The third-order valence-corrected chi connectivity index (χ3v) is 3.58. The first kappa shape index (κ1) is 14.2. The first-order chi connectivity index (χ1) is 10.3. The van der Waals surface area contributed by atoms with Gasteiger partial charge in [-0.2, -0.15) is 24.7 Å². The van der Waals surface area contributed by atoms with Gasteiger partial charge in [-0.3, -0.25) is 0 Å². The van der Waals surface area contributed by atoms with Gasteiger partial charge in [0.1, 0.15) is 12.7 Å². The lowest BCUT2D eigenvalue weighted by Crippen LogP contribution is -2.38. The average Bonchev–Trinajstić information content (AvgIpc) is 3.01. The predicted molar refractivity (Wildman–Crippen MR) is 76.6 cm³/mol. The van der Waals surface area contributed by atoms with Gasteiger partial charge in [-0.1, -0.05) is 0 Å². The SMILES string of the molecule is COCC1CCCN(c2nc(Cl)nc(-n3cncn3)n2)C1. The first-order valence-electron chi connectivity index (χ1n) is 6.76. The van der Waals surface area contributed by atoms with Crippen molar-refractivity contribution in [1.29, 1.82) is 0 Å². The van der Waals surface area contributed by atoms with E-state index in [1.807, 2.05) is 0 Å². The summed E-state index contributed by atoms with van der Waals surface area (Å²) in [6, 6.07) is 0. The highest BCUT2D eigenvalue weighted by atomic mass is 35.5. The molecule has 0 radical (unpaired) electrons.